The van der Waals surface area contributed by atoms with Gasteiger partial charge in [-0.25, -0.2) is 0 Å². The summed E-state index contributed by atoms with van der Waals surface area (Å²) in [6.45, 7) is 29.0. The van der Waals surface area contributed by atoms with Gasteiger partial charge in [-0.15, -0.1) is 0 Å². The first kappa shape index (κ1) is 35.5. The van der Waals surface area contributed by atoms with Crippen LogP contribution >= 0.6 is 11.6 Å². The van der Waals surface area contributed by atoms with Crippen molar-refractivity contribution in [1.82, 2.24) is 0 Å². The Morgan fingerprint density at radius 3 is 1.96 bits per heavy atom. The normalized spacial score (nSPS) is 22.5. The van der Waals surface area contributed by atoms with Gasteiger partial charge in [0.05, 0.1) is 11.2 Å². The van der Waals surface area contributed by atoms with E-state index in [0.29, 0.717) is 0 Å². The van der Waals surface area contributed by atoms with Gasteiger partial charge in [0.15, 0.2) is 0 Å². The quantitative estimate of drug-likeness (QED) is 0.155. The van der Waals surface area contributed by atoms with Crippen LogP contribution in [0.3, 0.4) is 0 Å². The van der Waals surface area contributed by atoms with E-state index >= 15 is 0 Å². The van der Waals surface area contributed by atoms with Crippen molar-refractivity contribution < 1.29 is 0 Å². The van der Waals surface area contributed by atoms with Crippen molar-refractivity contribution in [3.05, 3.63) is 117 Å². The van der Waals surface area contributed by atoms with Crippen LogP contribution < -0.4 is 26.2 Å². The summed E-state index contributed by atoms with van der Waals surface area (Å²) in [5, 5.41) is 0.807. The molecule has 5 aromatic carbocycles. The van der Waals surface area contributed by atoms with Gasteiger partial charge in [0.1, 0.15) is 0 Å². The van der Waals surface area contributed by atoms with E-state index in [1.54, 1.807) is 5.56 Å². The second-order valence-electron chi connectivity index (χ2n) is 20.8. The third kappa shape index (κ3) is 4.40. The summed E-state index contributed by atoms with van der Waals surface area (Å²) in [5.74, 6) is 0. The SMILES string of the molecule is Cc1cc(C(C)(C)C)cc(C)c1N1c2cc(Cl)cc3c2B(c2ccc4c(c21)C(C)(C)c1ccccc1-4)c1cc(C(C)(C)C)cc2c1N3C1(C)CCCCC21C. The van der Waals surface area contributed by atoms with E-state index in [1.165, 1.54) is 115 Å². The molecule has 0 radical (unpaired) electrons. The number of benzene rings is 5. The van der Waals surface area contributed by atoms with Crippen LogP contribution in [-0.2, 0) is 21.7 Å². The fraction of sp³-hybridized carbons (Fsp3) is 0.412. The largest absolute Gasteiger partial charge is 0.335 e. The lowest BCUT2D eigenvalue weighted by Gasteiger charge is -2.53. The maximum atomic E-state index is 7.48. The Kier molecular flexibility index (Phi) is 7.04. The summed E-state index contributed by atoms with van der Waals surface area (Å²) in [6, 6.07) is 28.8. The van der Waals surface area contributed by atoms with Crippen LogP contribution in [0.25, 0.3) is 11.1 Å². The second kappa shape index (κ2) is 10.9. The minimum absolute atomic E-state index is 0.0115. The summed E-state index contributed by atoms with van der Waals surface area (Å²) >= 11 is 7.48. The predicted octanol–water partition coefficient (Wildman–Crippen LogP) is 12.2. The topological polar surface area (TPSA) is 6.48 Å². The Morgan fingerprint density at radius 1 is 0.636 bits per heavy atom. The van der Waals surface area contributed by atoms with Crippen LogP contribution in [0.15, 0.2) is 72.8 Å². The fourth-order valence-electron chi connectivity index (χ4n) is 12.1. The summed E-state index contributed by atoms with van der Waals surface area (Å²) in [5.41, 5.74) is 23.2. The highest BCUT2D eigenvalue weighted by molar-refractivity contribution is 7.00. The molecule has 3 aliphatic heterocycles. The van der Waals surface area contributed by atoms with Crippen molar-refractivity contribution in [3.63, 3.8) is 0 Å². The first-order valence-electron chi connectivity index (χ1n) is 20.8. The molecule has 0 bridgehead atoms. The van der Waals surface area contributed by atoms with Crippen molar-refractivity contribution in [1.29, 1.82) is 0 Å². The molecule has 5 aromatic rings. The Balaban J connectivity index is 1.38. The van der Waals surface area contributed by atoms with Crippen molar-refractivity contribution in [3.8, 4) is 11.1 Å². The van der Waals surface area contributed by atoms with Crippen LogP contribution in [-0.4, -0.2) is 12.3 Å². The van der Waals surface area contributed by atoms with Crippen LogP contribution in [0.5, 0.6) is 0 Å². The van der Waals surface area contributed by atoms with Gasteiger partial charge in [0, 0.05) is 38.6 Å². The predicted molar refractivity (Wildman–Crippen MR) is 238 cm³/mol. The van der Waals surface area contributed by atoms with E-state index in [4.69, 9.17) is 11.6 Å². The van der Waals surface area contributed by atoms with E-state index in [0.717, 1.165) is 5.02 Å². The van der Waals surface area contributed by atoms with Crippen LogP contribution in [0, 0.1) is 13.8 Å². The van der Waals surface area contributed by atoms with Crippen molar-refractivity contribution in [2.75, 3.05) is 9.80 Å². The molecular formula is C51H56BClN2. The van der Waals surface area contributed by atoms with Crippen molar-refractivity contribution in [2.45, 2.75) is 136 Å². The Morgan fingerprint density at radius 2 is 1.27 bits per heavy atom. The minimum Gasteiger partial charge on any atom is -0.335 e. The Labute approximate surface area is 335 Å². The highest BCUT2D eigenvalue weighted by Gasteiger charge is 2.62. The smallest absolute Gasteiger partial charge is 0.252 e. The summed E-state index contributed by atoms with van der Waals surface area (Å²) in [7, 11) is 0. The van der Waals surface area contributed by atoms with E-state index < -0.39 is 0 Å². The highest BCUT2D eigenvalue weighted by atomic mass is 35.5. The number of anilines is 5. The number of hydrogen-bond acceptors (Lipinski definition) is 2. The van der Waals surface area contributed by atoms with E-state index in [9.17, 15) is 0 Å². The van der Waals surface area contributed by atoms with Gasteiger partial charge in [0.25, 0.3) is 6.71 Å². The van der Waals surface area contributed by atoms with Gasteiger partial charge >= 0.3 is 0 Å². The molecular weight excluding hydrogens is 687 g/mol. The minimum atomic E-state index is -0.201. The molecule has 2 aliphatic carbocycles. The molecule has 2 unspecified atom stereocenters. The molecule has 5 aliphatic rings. The molecule has 3 heterocycles. The van der Waals surface area contributed by atoms with Crippen LogP contribution in [0.2, 0.25) is 5.02 Å². The Hall–Kier alpha value is -3.95. The summed E-state index contributed by atoms with van der Waals surface area (Å²) < 4.78 is 0. The van der Waals surface area contributed by atoms with Gasteiger partial charge in [0.2, 0.25) is 0 Å². The number of nitrogens with zero attached hydrogens (tertiary/aromatic N) is 2. The molecule has 0 spiro atoms. The van der Waals surface area contributed by atoms with Crippen molar-refractivity contribution >= 4 is 63.1 Å². The monoisotopic (exact) mass is 742 g/mol. The first-order chi connectivity index (χ1) is 25.8. The highest BCUT2D eigenvalue weighted by Crippen LogP contribution is 2.63. The molecule has 0 saturated heterocycles. The zero-order valence-electron chi connectivity index (χ0n) is 35.1. The molecule has 0 amide bonds. The number of rotatable bonds is 1. The number of halogens is 1. The molecule has 0 aromatic heterocycles. The summed E-state index contributed by atoms with van der Waals surface area (Å²) in [4.78, 5) is 5.49. The third-order valence-electron chi connectivity index (χ3n) is 15.1. The zero-order chi connectivity index (χ0) is 38.9. The molecule has 4 heteroatoms. The van der Waals surface area contributed by atoms with E-state index in [1.807, 2.05) is 0 Å². The average Bonchev–Trinajstić information content (AvgIpc) is 3.47. The Bertz CT molecular complexity index is 2510. The molecule has 0 N–H and O–H groups in total. The molecule has 1 fully saturated rings. The van der Waals surface area contributed by atoms with Gasteiger partial charge in [-0.05, 0) is 123 Å². The third-order valence-corrected chi connectivity index (χ3v) is 15.3. The van der Waals surface area contributed by atoms with E-state index in [2.05, 4.69) is 166 Å². The lowest BCUT2D eigenvalue weighted by atomic mass is 9.33. The lowest BCUT2D eigenvalue weighted by Crippen LogP contribution is -2.65. The number of hydrogen-bond donors (Lipinski definition) is 0. The van der Waals surface area contributed by atoms with Gasteiger partial charge in [-0.2, -0.15) is 0 Å². The molecule has 10 rings (SSSR count). The fourth-order valence-corrected chi connectivity index (χ4v) is 12.3. The van der Waals surface area contributed by atoms with E-state index in [-0.39, 0.29) is 33.9 Å². The average molecular weight is 743 g/mol. The first-order valence-corrected chi connectivity index (χ1v) is 21.2. The van der Waals surface area contributed by atoms with Gasteiger partial charge < -0.3 is 9.80 Å². The summed E-state index contributed by atoms with van der Waals surface area (Å²) in [6.07, 6.45) is 4.89. The molecule has 55 heavy (non-hydrogen) atoms. The lowest BCUT2D eigenvalue weighted by molar-refractivity contribution is 0.195. The van der Waals surface area contributed by atoms with Crippen LogP contribution in [0.4, 0.5) is 28.4 Å². The van der Waals surface area contributed by atoms with Gasteiger partial charge in [-0.1, -0.05) is 147 Å². The van der Waals surface area contributed by atoms with Gasteiger partial charge in [-0.3, -0.25) is 0 Å². The molecule has 2 atom stereocenters. The maximum absolute atomic E-state index is 7.48. The van der Waals surface area contributed by atoms with Crippen LogP contribution in [0.1, 0.15) is 134 Å². The number of aryl methyl sites for hydroxylation is 2. The second-order valence-corrected chi connectivity index (χ2v) is 21.2. The standard InChI is InChI=1S/C51H56BClN2/c1-29-23-31(47(3,4)5)24-30(2)44(29)54-40-27-33(53)28-41-43(40)52(38-20-19-35-34-17-13-14-18-36(34)49(9,10)42(35)46(38)54)39-26-32(48(6,7)8)25-37-45(39)55(41)51(12)22-16-15-21-50(37,51)11/h13-14,17-20,23-28H,15-16,21-22H2,1-12H3. The zero-order valence-corrected chi connectivity index (χ0v) is 35.9. The van der Waals surface area contributed by atoms with Crippen molar-refractivity contribution in [2.24, 2.45) is 0 Å². The molecule has 280 valence electrons. The number of fused-ring (bicyclic) bond motifs is 11. The molecule has 1 saturated carbocycles. The maximum Gasteiger partial charge on any atom is 0.252 e. The molecule has 2 nitrogen and oxygen atoms in total.